The first-order valence-electron chi connectivity index (χ1n) is 7.76. The van der Waals surface area contributed by atoms with Crippen LogP contribution in [0.15, 0.2) is 0 Å². The van der Waals surface area contributed by atoms with Crippen LogP contribution >= 0.6 is 0 Å². The summed E-state index contributed by atoms with van der Waals surface area (Å²) in [6.45, 7) is 9.82. The molecule has 0 saturated carbocycles. The van der Waals surface area contributed by atoms with Gasteiger partial charge < -0.3 is 22.5 Å². The zero-order valence-electron chi connectivity index (χ0n) is 15.5. The molecule has 0 amide bonds. The minimum Gasteiger partial charge on any atom is -0.456 e. The van der Waals surface area contributed by atoms with E-state index in [1.807, 2.05) is 20.8 Å². The Kier molecular flexibility index (Phi) is 8.78. The monoisotopic (exact) mass is 336 g/mol. The van der Waals surface area contributed by atoms with Gasteiger partial charge in [-0.1, -0.05) is 0 Å². The molecule has 0 heterocycles. The van der Waals surface area contributed by atoms with E-state index in [1.54, 1.807) is 21.3 Å². The second-order valence-corrected chi connectivity index (χ2v) is 9.89. The molecule has 22 heavy (non-hydrogen) atoms. The van der Waals surface area contributed by atoms with E-state index in [1.165, 1.54) is 0 Å². The van der Waals surface area contributed by atoms with Crippen molar-refractivity contribution in [1.29, 1.82) is 0 Å². The fourth-order valence-corrected chi connectivity index (χ4v) is 3.97. The first-order chi connectivity index (χ1) is 10.1. The average molecular weight is 337 g/mol. The molecule has 0 fully saturated rings. The van der Waals surface area contributed by atoms with Gasteiger partial charge >= 0.3 is 14.8 Å². The van der Waals surface area contributed by atoms with E-state index in [0.717, 1.165) is 25.6 Å². The van der Waals surface area contributed by atoms with Crippen molar-refractivity contribution in [2.24, 2.45) is 0 Å². The summed E-state index contributed by atoms with van der Waals surface area (Å²) in [6.07, 6.45) is 0.870. The highest BCUT2D eigenvalue weighted by Gasteiger charge is 2.38. The highest BCUT2D eigenvalue weighted by atomic mass is 28.4. The van der Waals surface area contributed by atoms with Crippen LogP contribution in [0.3, 0.4) is 0 Å². The van der Waals surface area contributed by atoms with Crippen LogP contribution in [0.2, 0.25) is 6.04 Å². The first kappa shape index (κ1) is 21.5. The predicted octanol–water partition coefficient (Wildman–Crippen LogP) is 2.06. The lowest BCUT2D eigenvalue weighted by Crippen LogP contribution is -2.50. The molecule has 0 rings (SSSR count). The molecule has 0 aliphatic heterocycles. The van der Waals surface area contributed by atoms with E-state index >= 15 is 0 Å². The molecule has 0 aliphatic carbocycles. The fourth-order valence-electron chi connectivity index (χ4n) is 2.27. The van der Waals surface area contributed by atoms with Crippen LogP contribution in [0.25, 0.3) is 0 Å². The number of carbonyl (C=O) groups is 1. The van der Waals surface area contributed by atoms with Crippen LogP contribution in [0, 0.1) is 0 Å². The van der Waals surface area contributed by atoms with Crippen LogP contribution in [-0.2, 0) is 22.8 Å². The zero-order chi connectivity index (χ0) is 17.4. The smallest absolute Gasteiger partial charge is 0.456 e. The maximum Gasteiger partial charge on any atom is 0.500 e. The van der Waals surface area contributed by atoms with E-state index in [-0.39, 0.29) is 5.97 Å². The number of rotatable bonds is 10. The van der Waals surface area contributed by atoms with E-state index in [9.17, 15) is 4.79 Å². The Morgan fingerprint density at radius 1 is 1.09 bits per heavy atom. The van der Waals surface area contributed by atoms with Gasteiger partial charge in [-0.05, 0) is 27.7 Å². The van der Waals surface area contributed by atoms with Crippen molar-refractivity contribution in [3.05, 3.63) is 0 Å². The normalized spacial score (nSPS) is 15.5. The van der Waals surface area contributed by atoms with Gasteiger partial charge in [-0.3, -0.25) is 0 Å². The summed E-state index contributed by atoms with van der Waals surface area (Å²) in [6, 6.07) is 0.735. The Morgan fingerprint density at radius 3 is 1.95 bits per heavy atom. The third-order valence-electron chi connectivity index (χ3n) is 3.81. The lowest BCUT2D eigenvalue weighted by atomic mass is 10.2. The highest BCUT2D eigenvalue weighted by molar-refractivity contribution is 6.60. The van der Waals surface area contributed by atoms with Gasteiger partial charge in [0.25, 0.3) is 0 Å². The quantitative estimate of drug-likeness (QED) is 0.347. The highest BCUT2D eigenvalue weighted by Crippen LogP contribution is 2.17. The molecule has 0 saturated heterocycles. The molecule has 6 nitrogen and oxygen atoms in total. The van der Waals surface area contributed by atoms with Gasteiger partial charge in [0.15, 0.2) is 6.54 Å². The van der Waals surface area contributed by atoms with E-state index in [2.05, 4.69) is 14.0 Å². The summed E-state index contributed by atoms with van der Waals surface area (Å²) < 4.78 is 22.3. The number of hydrogen-bond acceptors (Lipinski definition) is 5. The summed E-state index contributed by atoms with van der Waals surface area (Å²) in [7, 11) is 4.39. The molecule has 0 radical (unpaired) electrons. The van der Waals surface area contributed by atoms with Crippen molar-refractivity contribution in [3.8, 4) is 0 Å². The van der Waals surface area contributed by atoms with Crippen molar-refractivity contribution < 1.29 is 27.3 Å². The SMILES string of the molecule is CC[N+](C)(CCC[Si](OC)(OC)OC)CC(=O)OC(C)(C)C. The third-order valence-corrected chi connectivity index (χ3v) is 6.64. The maximum absolute atomic E-state index is 12.1. The molecule has 0 aliphatic rings. The second-order valence-electron chi connectivity index (χ2n) is 6.80. The maximum atomic E-state index is 12.1. The van der Waals surface area contributed by atoms with Crippen molar-refractivity contribution in [2.75, 3.05) is 48.0 Å². The summed E-state index contributed by atoms with van der Waals surface area (Å²) in [5, 5.41) is 0. The largest absolute Gasteiger partial charge is 0.500 e. The van der Waals surface area contributed by atoms with Crippen molar-refractivity contribution in [2.45, 2.75) is 45.8 Å². The first-order valence-corrected chi connectivity index (χ1v) is 9.69. The molecular weight excluding hydrogens is 302 g/mol. The Morgan fingerprint density at radius 2 is 1.59 bits per heavy atom. The lowest BCUT2D eigenvalue weighted by Gasteiger charge is -2.34. The molecule has 0 N–H and O–H groups in total. The van der Waals surface area contributed by atoms with Crippen LogP contribution in [0.1, 0.15) is 34.1 Å². The van der Waals surface area contributed by atoms with Gasteiger partial charge in [0, 0.05) is 33.8 Å². The summed E-state index contributed by atoms with van der Waals surface area (Å²) in [5.41, 5.74) is -0.445. The second kappa shape index (κ2) is 8.98. The van der Waals surface area contributed by atoms with Crippen LogP contribution < -0.4 is 0 Å². The number of ether oxygens (including phenoxy) is 1. The molecule has 7 heteroatoms. The van der Waals surface area contributed by atoms with Gasteiger partial charge in [0.05, 0.1) is 20.1 Å². The van der Waals surface area contributed by atoms with Crippen LogP contribution in [-0.4, -0.2) is 72.9 Å². The molecule has 1 atom stereocenters. The van der Waals surface area contributed by atoms with Gasteiger partial charge in [-0.2, -0.15) is 0 Å². The Hall–Kier alpha value is -0.473. The summed E-state index contributed by atoms with van der Waals surface area (Å²) in [5.74, 6) is -0.161. The van der Waals surface area contributed by atoms with Crippen molar-refractivity contribution in [3.63, 3.8) is 0 Å². The summed E-state index contributed by atoms with van der Waals surface area (Å²) in [4.78, 5) is 12.1. The number of carbonyl (C=O) groups excluding carboxylic acids is 1. The summed E-state index contributed by atoms with van der Waals surface area (Å²) >= 11 is 0. The minimum atomic E-state index is -2.53. The van der Waals surface area contributed by atoms with Crippen molar-refractivity contribution >= 4 is 14.8 Å². The number of quaternary nitrogens is 1. The molecule has 0 spiro atoms. The molecule has 0 bridgehead atoms. The van der Waals surface area contributed by atoms with Gasteiger partial charge in [0.1, 0.15) is 5.60 Å². The van der Waals surface area contributed by atoms with E-state index < -0.39 is 14.4 Å². The molecular formula is C15H34NO5Si+. The van der Waals surface area contributed by atoms with Crippen LogP contribution in [0.4, 0.5) is 0 Å². The predicted molar refractivity (Wildman–Crippen MR) is 88.5 cm³/mol. The van der Waals surface area contributed by atoms with E-state index in [4.69, 9.17) is 18.0 Å². The number of likely N-dealkylation sites (N-methyl/N-ethyl adjacent to an activating group) is 1. The Labute approximate surface area is 136 Å². The lowest BCUT2D eigenvalue weighted by molar-refractivity contribution is -0.900. The van der Waals surface area contributed by atoms with Crippen LogP contribution in [0.5, 0.6) is 0 Å². The number of nitrogens with zero attached hydrogens (tertiary/aromatic N) is 1. The Bertz CT molecular complexity index is 333. The molecule has 132 valence electrons. The topological polar surface area (TPSA) is 54.0 Å². The zero-order valence-corrected chi connectivity index (χ0v) is 16.5. The third kappa shape index (κ3) is 7.69. The molecule has 0 aromatic heterocycles. The Balaban J connectivity index is 4.54. The average Bonchev–Trinajstić information content (AvgIpc) is 2.42. The number of hydrogen-bond donors (Lipinski definition) is 0. The number of esters is 1. The molecule has 1 unspecified atom stereocenters. The van der Waals surface area contributed by atoms with Crippen molar-refractivity contribution in [1.82, 2.24) is 0 Å². The van der Waals surface area contributed by atoms with E-state index in [0.29, 0.717) is 11.0 Å². The molecule has 0 aromatic carbocycles. The van der Waals surface area contributed by atoms with Gasteiger partial charge in [0.2, 0.25) is 0 Å². The van der Waals surface area contributed by atoms with Gasteiger partial charge in [-0.25, -0.2) is 4.79 Å². The fraction of sp³-hybridized carbons (Fsp3) is 0.933. The standard InChI is InChI=1S/C15H34NO5Si/c1-9-16(5,13-14(17)21-15(2,3)4)11-10-12-22(18-6,19-7)20-8/h9-13H2,1-8H3/q+1. The molecule has 0 aromatic rings. The minimum absolute atomic E-state index is 0.161. The van der Waals surface area contributed by atoms with Gasteiger partial charge in [-0.15, -0.1) is 0 Å².